The Morgan fingerprint density at radius 3 is 2.81 bits per heavy atom. The quantitative estimate of drug-likeness (QED) is 0.629. The summed E-state index contributed by atoms with van der Waals surface area (Å²) in [6.07, 6.45) is 5.31. The number of ether oxygens (including phenoxy) is 2. The third-order valence-electron chi connectivity index (χ3n) is 6.60. The van der Waals surface area contributed by atoms with Gasteiger partial charge < -0.3 is 19.3 Å². The Morgan fingerprint density at radius 2 is 2.00 bits per heavy atom. The zero-order valence-corrected chi connectivity index (χ0v) is 19.5. The lowest BCUT2D eigenvalue weighted by molar-refractivity contribution is -0.133. The highest BCUT2D eigenvalue weighted by atomic mass is 16.5. The Morgan fingerprint density at radius 1 is 1.16 bits per heavy atom. The van der Waals surface area contributed by atoms with Crippen molar-refractivity contribution in [3.05, 3.63) is 46.9 Å². The molecule has 2 aliphatic rings. The van der Waals surface area contributed by atoms with Crippen LogP contribution in [0.1, 0.15) is 54.4 Å². The number of benzene rings is 1. The van der Waals surface area contributed by atoms with Gasteiger partial charge in [-0.05, 0) is 50.7 Å². The van der Waals surface area contributed by atoms with E-state index in [1.54, 1.807) is 14.2 Å². The first-order valence-corrected chi connectivity index (χ1v) is 11.6. The third-order valence-corrected chi connectivity index (χ3v) is 6.60. The van der Waals surface area contributed by atoms with Crippen LogP contribution in [0.4, 0.5) is 5.82 Å². The molecule has 0 saturated carbocycles. The summed E-state index contributed by atoms with van der Waals surface area (Å²) in [5.74, 6) is 2.89. The normalized spacial score (nSPS) is 18.0. The Balaban J connectivity index is 1.56. The molecule has 1 saturated heterocycles. The maximum atomic E-state index is 12.7. The largest absolute Gasteiger partial charge is 0.496 e. The fourth-order valence-corrected chi connectivity index (χ4v) is 4.91. The molecule has 7 heteroatoms. The molecular weight excluding hydrogens is 404 g/mol. The molecule has 0 N–H and O–H groups in total. The summed E-state index contributed by atoms with van der Waals surface area (Å²) in [6.45, 7) is 5.16. The molecule has 1 fully saturated rings. The molecule has 1 amide bonds. The fourth-order valence-electron chi connectivity index (χ4n) is 4.91. The van der Waals surface area contributed by atoms with Crippen LogP contribution in [0.25, 0.3) is 0 Å². The van der Waals surface area contributed by atoms with Gasteiger partial charge in [-0.3, -0.25) is 4.79 Å². The van der Waals surface area contributed by atoms with E-state index >= 15 is 0 Å². The number of para-hydroxylation sites is 1. The number of nitrogens with zero attached hydrogens (tertiary/aromatic N) is 4. The van der Waals surface area contributed by atoms with Crippen LogP contribution in [0, 0.1) is 6.92 Å². The van der Waals surface area contributed by atoms with E-state index in [0.29, 0.717) is 13.0 Å². The van der Waals surface area contributed by atoms with Crippen molar-refractivity contribution in [1.29, 1.82) is 0 Å². The number of aryl methyl sites for hydroxylation is 1. The number of hydrogen-bond donors (Lipinski definition) is 0. The molecule has 0 bridgehead atoms. The molecule has 3 heterocycles. The predicted molar refractivity (Wildman–Crippen MR) is 124 cm³/mol. The molecular formula is C25H34N4O3. The van der Waals surface area contributed by atoms with Gasteiger partial charge in [0.05, 0.1) is 26.2 Å². The highest BCUT2D eigenvalue weighted by Crippen LogP contribution is 2.34. The van der Waals surface area contributed by atoms with Crippen LogP contribution < -0.4 is 9.64 Å². The minimum Gasteiger partial charge on any atom is -0.496 e. The van der Waals surface area contributed by atoms with Gasteiger partial charge in [-0.2, -0.15) is 0 Å². The van der Waals surface area contributed by atoms with Crippen LogP contribution in [0.2, 0.25) is 0 Å². The number of hydrogen-bond acceptors (Lipinski definition) is 6. The maximum absolute atomic E-state index is 12.7. The van der Waals surface area contributed by atoms with Gasteiger partial charge in [-0.15, -0.1) is 0 Å². The second kappa shape index (κ2) is 10.3. The highest BCUT2D eigenvalue weighted by molar-refractivity contribution is 5.77. The molecule has 2 aromatic rings. The van der Waals surface area contributed by atoms with Gasteiger partial charge in [-0.25, -0.2) is 9.97 Å². The first-order valence-electron chi connectivity index (χ1n) is 11.6. The summed E-state index contributed by atoms with van der Waals surface area (Å²) < 4.78 is 10.6. The van der Waals surface area contributed by atoms with E-state index in [9.17, 15) is 4.79 Å². The van der Waals surface area contributed by atoms with Crippen molar-refractivity contribution in [2.75, 3.05) is 45.4 Å². The van der Waals surface area contributed by atoms with Gasteiger partial charge in [0, 0.05) is 38.0 Å². The molecule has 1 unspecified atom stereocenters. The summed E-state index contributed by atoms with van der Waals surface area (Å²) in [6, 6.07) is 8.16. The van der Waals surface area contributed by atoms with Gasteiger partial charge >= 0.3 is 0 Å². The van der Waals surface area contributed by atoms with E-state index < -0.39 is 0 Å². The van der Waals surface area contributed by atoms with Crippen molar-refractivity contribution in [2.24, 2.45) is 0 Å². The van der Waals surface area contributed by atoms with Crippen molar-refractivity contribution >= 4 is 11.7 Å². The van der Waals surface area contributed by atoms with Crippen molar-refractivity contribution in [3.63, 3.8) is 0 Å². The Labute approximate surface area is 190 Å². The molecule has 1 aromatic carbocycles. The maximum Gasteiger partial charge on any atom is 0.225 e. The van der Waals surface area contributed by atoms with Crippen molar-refractivity contribution in [3.8, 4) is 5.75 Å². The van der Waals surface area contributed by atoms with Crippen LogP contribution in [-0.4, -0.2) is 61.2 Å². The zero-order valence-electron chi connectivity index (χ0n) is 19.5. The Bertz CT molecular complexity index is 949. The minimum atomic E-state index is -0.0404. The molecule has 4 rings (SSSR count). The van der Waals surface area contributed by atoms with Gasteiger partial charge in [0.15, 0.2) is 5.82 Å². The monoisotopic (exact) mass is 438 g/mol. The van der Waals surface area contributed by atoms with E-state index in [1.165, 1.54) is 11.1 Å². The summed E-state index contributed by atoms with van der Waals surface area (Å²) >= 11 is 0. The molecule has 2 aliphatic heterocycles. The summed E-state index contributed by atoms with van der Waals surface area (Å²) in [5, 5.41) is 0. The third kappa shape index (κ3) is 4.72. The molecule has 0 radical (unpaired) electrons. The van der Waals surface area contributed by atoms with Gasteiger partial charge in [0.1, 0.15) is 11.6 Å². The van der Waals surface area contributed by atoms with Crippen LogP contribution in [0.3, 0.4) is 0 Å². The first kappa shape index (κ1) is 22.5. The van der Waals surface area contributed by atoms with Gasteiger partial charge in [0.2, 0.25) is 5.91 Å². The lowest BCUT2D eigenvalue weighted by Crippen LogP contribution is -2.35. The number of likely N-dealkylation sites (tertiary alicyclic amines) is 1. The van der Waals surface area contributed by atoms with E-state index in [2.05, 4.69) is 24.0 Å². The number of carbonyl (C=O) groups is 1. The average molecular weight is 439 g/mol. The SMILES string of the molecule is COCCC(=O)N1CCCC1c1nc(C)c2c(n1)N(CCc1ccccc1OC)CCC2. The number of carbonyl (C=O) groups excluding carboxylic acids is 1. The molecule has 1 aromatic heterocycles. The Hall–Kier alpha value is -2.67. The topological polar surface area (TPSA) is 67.8 Å². The van der Waals surface area contributed by atoms with E-state index in [-0.39, 0.29) is 11.9 Å². The zero-order chi connectivity index (χ0) is 22.5. The standard InChI is InChI=1S/C25H34N4O3/c1-18-20-9-6-14-28(16-12-19-8-4-5-11-22(19)32-3)25(20)27-24(26-18)21-10-7-15-29(21)23(30)13-17-31-2/h4-5,8,11,21H,6-7,9-10,12-17H2,1-3H3. The molecule has 0 spiro atoms. The second-order valence-corrected chi connectivity index (χ2v) is 8.61. The molecule has 172 valence electrons. The summed E-state index contributed by atoms with van der Waals surface area (Å²) in [5.41, 5.74) is 3.50. The molecule has 32 heavy (non-hydrogen) atoms. The smallest absolute Gasteiger partial charge is 0.225 e. The summed E-state index contributed by atoms with van der Waals surface area (Å²) in [7, 11) is 3.35. The van der Waals surface area contributed by atoms with E-state index in [0.717, 1.165) is 74.8 Å². The fraction of sp³-hybridized carbons (Fsp3) is 0.560. The second-order valence-electron chi connectivity index (χ2n) is 8.61. The number of fused-ring (bicyclic) bond motifs is 1. The van der Waals surface area contributed by atoms with Crippen LogP contribution in [0.15, 0.2) is 24.3 Å². The van der Waals surface area contributed by atoms with Gasteiger partial charge in [0.25, 0.3) is 0 Å². The van der Waals surface area contributed by atoms with Crippen LogP contribution in [0.5, 0.6) is 5.75 Å². The molecule has 0 aliphatic carbocycles. The number of aromatic nitrogens is 2. The lowest BCUT2D eigenvalue weighted by atomic mass is 10.0. The van der Waals surface area contributed by atoms with Crippen LogP contribution >= 0.6 is 0 Å². The van der Waals surface area contributed by atoms with Crippen molar-refractivity contribution < 1.29 is 14.3 Å². The molecule has 1 atom stereocenters. The van der Waals surface area contributed by atoms with E-state index in [4.69, 9.17) is 19.4 Å². The predicted octanol–water partition coefficient (Wildman–Crippen LogP) is 3.49. The average Bonchev–Trinajstić information content (AvgIpc) is 3.31. The number of methoxy groups -OCH3 is 2. The van der Waals surface area contributed by atoms with Crippen molar-refractivity contribution in [1.82, 2.24) is 14.9 Å². The van der Waals surface area contributed by atoms with Gasteiger partial charge in [-0.1, -0.05) is 18.2 Å². The minimum absolute atomic E-state index is 0.0404. The summed E-state index contributed by atoms with van der Waals surface area (Å²) in [4.78, 5) is 27.0. The molecule has 7 nitrogen and oxygen atoms in total. The lowest BCUT2D eigenvalue weighted by Gasteiger charge is -2.32. The number of amides is 1. The van der Waals surface area contributed by atoms with Crippen molar-refractivity contribution in [2.45, 2.75) is 51.5 Å². The Kier molecular flexibility index (Phi) is 7.25. The highest BCUT2D eigenvalue weighted by Gasteiger charge is 2.33. The van der Waals surface area contributed by atoms with Crippen LogP contribution in [-0.2, 0) is 22.4 Å². The number of rotatable bonds is 8. The number of anilines is 1. The first-order chi connectivity index (χ1) is 15.6. The van der Waals surface area contributed by atoms with E-state index in [1.807, 2.05) is 17.0 Å².